The molecule has 5 rings (SSSR count). The molecule has 4 heteroatoms. The first-order valence-electron chi connectivity index (χ1n) is 6.75. The second-order valence-electron chi connectivity index (χ2n) is 6.60. The molecule has 0 saturated heterocycles. The highest BCUT2D eigenvalue weighted by Crippen LogP contribution is 2.60. The van der Waals surface area contributed by atoms with E-state index in [1.807, 2.05) is 0 Å². The quantitative estimate of drug-likeness (QED) is 0.817. The first-order valence-corrected chi connectivity index (χ1v) is 7.16. The first-order chi connectivity index (χ1) is 8.21. The summed E-state index contributed by atoms with van der Waals surface area (Å²) in [6, 6.07) is 0. The summed E-state index contributed by atoms with van der Waals surface area (Å²) in [4.78, 5) is 0.421. The lowest BCUT2D eigenvalue weighted by atomic mass is 9.49. The van der Waals surface area contributed by atoms with Crippen molar-refractivity contribution in [3.05, 3.63) is 10.7 Å². The van der Waals surface area contributed by atoms with E-state index in [9.17, 15) is 0 Å². The molecule has 1 heterocycles. The fraction of sp³-hybridized carbons (Fsp3) is 0.846. The third-order valence-electron chi connectivity index (χ3n) is 5.17. The molecule has 0 atom stereocenters. The maximum absolute atomic E-state index is 5.47. The van der Waals surface area contributed by atoms with E-state index in [2.05, 4.69) is 10.2 Å². The zero-order chi connectivity index (χ0) is 11.5. The Labute approximate surface area is 106 Å². The van der Waals surface area contributed by atoms with E-state index < -0.39 is 0 Å². The van der Waals surface area contributed by atoms with Gasteiger partial charge in [0, 0.05) is 6.42 Å². The Morgan fingerprint density at radius 1 is 1.18 bits per heavy atom. The van der Waals surface area contributed by atoms with Gasteiger partial charge in [-0.15, -0.1) is 5.10 Å². The second kappa shape index (κ2) is 3.44. The molecule has 4 bridgehead atoms. The van der Waals surface area contributed by atoms with Crippen LogP contribution in [0, 0.1) is 28.0 Å². The van der Waals surface area contributed by atoms with Crippen molar-refractivity contribution in [3.8, 4) is 0 Å². The molecule has 4 saturated carbocycles. The van der Waals surface area contributed by atoms with Crippen molar-refractivity contribution in [3.63, 3.8) is 0 Å². The van der Waals surface area contributed by atoms with E-state index in [4.69, 9.17) is 16.6 Å². The number of rotatable bonds is 2. The van der Waals surface area contributed by atoms with E-state index in [1.54, 1.807) is 0 Å². The predicted molar refractivity (Wildman–Crippen MR) is 66.0 cm³/mol. The molecule has 0 aliphatic heterocycles. The minimum Gasteiger partial charge on any atom is -0.414 e. The zero-order valence-corrected chi connectivity index (χ0v) is 10.8. The molecule has 1 aromatic rings. The first kappa shape index (κ1) is 10.3. The summed E-state index contributed by atoms with van der Waals surface area (Å²) in [5, 5.41) is 6.95. The predicted octanol–water partition coefficient (Wildman–Crippen LogP) is 3.49. The lowest BCUT2D eigenvalue weighted by molar-refractivity contribution is -0.0551. The summed E-state index contributed by atoms with van der Waals surface area (Å²) in [7, 11) is 0. The number of hydrogen-bond acceptors (Lipinski definition) is 3. The number of hydrogen-bond donors (Lipinski definition) is 1. The van der Waals surface area contributed by atoms with Gasteiger partial charge in [0.1, 0.15) is 0 Å². The van der Waals surface area contributed by atoms with Gasteiger partial charge in [-0.05, 0) is 73.9 Å². The summed E-state index contributed by atoms with van der Waals surface area (Å²) in [5.74, 6) is 3.80. The Morgan fingerprint density at radius 2 is 1.76 bits per heavy atom. The average Bonchev–Trinajstić information content (AvgIpc) is 2.60. The molecular formula is C13H18N2OS. The lowest BCUT2D eigenvalue weighted by Gasteiger charge is -2.56. The molecule has 4 aliphatic carbocycles. The molecule has 0 radical (unpaired) electrons. The van der Waals surface area contributed by atoms with Crippen LogP contribution < -0.4 is 0 Å². The third kappa shape index (κ3) is 1.68. The summed E-state index contributed by atoms with van der Waals surface area (Å²) in [5.41, 5.74) is 0.495. The van der Waals surface area contributed by atoms with Crippen LogP contribution in [0.4, 0.5) is 0 Å². The van der Waals surface area contributed by atoms with Crippen molar-refractivity contribution in [1.82, 2.24) is 10.2 Å². The van der Waals surface area contributed by atoms with Crippen molar-refractivity contribution >= 4 is 12.2 Å². The molecular weight excluding hydrogens is 232 g/mol. The van der Waals surface area contributed by atoms with Gasteiger partial charge in [-0.3, -0.25) is 0 Å². The minimum atomic E-state index is 0.421. The number of H-pyrrole nitrogens is 1. The Balaban J connectivity index is 1.62. The van der Waals surface area contributed by atoms with E-state index in [-0.39, 0.29) is 0 Å². The minimum absolute atomic E-state index is 0.421. The monoisotopic (exact) mass is 250 g/mol. The van der Waals surface area contributed by atoms with Crippen LogP contribution in [-0.4, -0.2) is 10.2 Å². The third-order valence-corrected chi connectivity index (χ3v) is 5.35. The molecule has 0 aromatic carbocycles. The average molecular weight is 250 g/mol. The Morgan fingerprint density at radius 3 is 2.24 bits per heavy atom. The van der Waals surface area contributed by atoms with Crippen molar-refractivity contribution in [2.24, 2.45) is 23.2 Å². The highest BCUT2D eigenvalue weighted by molar-refractivity contribution is 7.71. The van der Waals surface area contributed by atoms with Crippen LogP contribution in [0.1, 0.15) is 44.4 Å². The summed E-state index contributed by atoms with van der Waals surface area (Å²) in [6.45, 7) is 0. The van der Waals surface area contributed by atoms with Crippen LogP contribution >= 0.6 is 12.2 Å². The highest BCUT2D eigenvalue weighted by Gasteiger charge is 2.51. The van der Waals surface area contributed by atoms with E-state index in [0.717, 1.165) is 30.1 Å². The standard InChI is InChI=1S/C13H18N2OS/c17-12-15-14-11(16-12)7-13-4-8-1-9(5-13)3-10(2-8)6-13/h8-10H,1-7H2,(H,15,17). The Hall–Kier alpha value is -0.640. The van der Waals surface area contributed by atoms with Crippen molar-refractivity contribution in [1.29, 1.82) is 0 Å². The van der Waals surface area contributed by atoms with Gasteiger partial charge in [-0.1, -0.05) is 0 Å². The van der Waals surface area contributed by atoms with Gasteiger partial charge in [-0.25, -0.2) is 5.10 Å². The Bertz CT molecular complexity index is 454. The SMILES string of the molecule is S=c1[nH]nc(CC23CC4CC(CC(C4)C2)C3)o1. The van der Waals surface area contributed by atoms with Gasteiger partial charge in [0.25, 0.3) is 4.84 Å². The molecule has 0 unspecified atom stereocenters. The van der Waals surface area contributed by atoms with Crippen LogP contribution in [0.5, 0.6) is 0 Å². The zero-order valence-electron chi connectivity index (χ0n) is 9.95. The van der Waals surface area contributed by atoms with Crippen LogP contribution in [0.3, 0.4) is 0 Å². The smallest absolute Gasteiger partial charge is 0.284 e. The van der Waals surface area contributed by atoms with Crippen LogP contribution in [0.25, 0.3) is 0 Å². The van der Waals surface area contributed by atoms with E-state index in [0.29, 0.717) is 10.3 Å². The van der Waals surface area contributed by atoms with E-state index in [1.165, 1.54) is 38.5 Å². The van der Waals surface area contributed by atoms with Crippen LogP contribution in [-0.2, 0) is 6.42 Å². The molecule has 4 aliphatic rings. The van der Waals surface area contributed by atoms with E-state index >= 15 is 0 Å². The summed E-state index contributed by atoms with van der Waals surface area (Å²) < 4.78 is 5.47. The number of nitrogens with one attached hydrogen (secondary N) is 1. The fourth-order valence-electron chi connectivity index (χ4n) is 5.16. The maximum Gasteiger partial charge on any atom is 0.284 e. The topological polar surface area (TPSA) is 41.8 Å². The summed E-state index contributed by atoms with van der Waals surface area (Å²) in [6.07, 6.45) is 9.66. The largest absolute Gasteiger partial charge is 0.414 e. The fourth-order valence-corrected chi connectivity index (χ4v) is 5.31. The molecule has 0 amide bonds. The second-order valence-corrected chi connectivity index (χ2v) is 6.97. The highest BCUT2D eigenvalue weighted by atomic mass is 32.1. The normalized spacial score (nSPS) is 43.2. The number of aromatic nitrogens is 2. The molecule has 1 aromatic heterocycles. The molecule has 17 heavy (non-hydrogen) atoms. The van der Waals surface area contributed by atoms with Crippen LogP contribution in [0.15, 0.2) is 4.42 Å². The van der Waals surface area contributed by atoms with Crippen molar-refractivity contribution in [2.75, 3.05) is 0 Å². The van der Waals surface area contributed by atoms with Crippen molar-refractivity contribution < 1.29 is 4.42 Å². The van der Waals surface area contributed by atoms with Gasteiger partial charge in [-0.2, -0.15) is 0 Å². The van der Waals surface area contributed by atoms with Gasteiger partial charge in [0.15, 0.2) is 0 Å². The van der Waals surface area contributed by atoms with Crippen LogP contribution in [0.2, 0.25) is 0 Å². The van der Waals surface area contributed by atoms with Gasteiger partial charge in [0.05, 0.1) is 0 Å². The number of aromatic amines is 1. The van der Waals surface area contributed by atoms with Gasteiger partial charge >= 0.3 is 0 Å². The molecule has 92 valence electrons. The van der Waals surface area contributed by atoms with Gasteiger partial charge in [0.2, 0.25) is 5.89 Å². The molecule has 3 nitrogen and oxygen atoms in total. The van der Waals surface area contributed by atoms with Gasteiger partial charge < -0.3 is 4.42 Å². The van der Waals surface area contributed by atoms with Crippen molar-refractivity contribution in [2.45, 2.75) is 44.9 Å². The molecule has 1 N–H and O–H groups in total. The number of nitrogens with zero attached hydrogens (tertiary/aromatic N) is 1. The Kier molecular flexibility index (Phi) is 2.08. The maximum atomic E-state index is 5.47. The molecule has 0 spiro atoms. The summed E-state index contributed by atoms with van der Waals surface area (Å²) >= 11 is 4.96. The lowest BCUT2D eigenvalue weighted by Crippen LogP contribution is -2.47. The molecule has 4 fully saturated rings.